The molecule has 17 heavy (non-hydrogen) atoms. The molecule has 0 aliphatic carbocycles. The number of halogens is 1. The van der Waals surface area contributed by atoms with Gasteiger partial charge in [-0.3, -0.25) is 10.1 Å². The molecule has 88 valence electrons. The highest BCUT2D eigenvalue weighted by Gasteiger charge is 2.12. The van der Waals surface area contributed by atoms with Crippen molar-refractivity contribution in [1.82, 2.24) is 10.2 Å². The maximum Gasteiger partial charge on any atom is 0.259 e. The molecule has 1 amide bonds. The molecule has 0 unspecified atom stereocenters. The number of anilines is 2. The quantitative estimate of drug-likeness (QED) is 0.835. The van der Waals surface area contributed by atoms with Crippen molar-refractivity contribution in [2.75, 3.05) is 11.1 Å². The van der Waals surface area contributed by atoms with E-state index < -0.39 is 0 Å². The third-order valence-electron chi connectivity index (χ3n) is 2.00. The van der Waals surface area contributed by atoms with Gasteiger partial charge in [0.1, 0.15) is 5.01 Å². The third-order valence-corrected chi connectivity index (χ3v) is 3.25. The molecule has 5 nitrogen and oxygen atoms in total. The van der Waals surface area contributed by atoms with E-state index in [9.17, 15) is 4.79 Å². The van der Waals surface area contributed by atoms with E-state index >= 15 is 0 Å². The van der Waals surface area contributed by atoms with Crippen LogP contribution < -0.4 is 11.1 Å². The van der Waals surface area contributed by atoms with Crippen molar-refractivity contribution < 1.29 is 4.79 Å². The smallest absolute Gasteiger partial charge is 0.259 e. The standard InChI is InChI=1S/C10H9BrN4OS/c1-5-14-15-10(17-5)13-9(16)7-3-2-6(11)4-8(7)12/h2-4H,12H2,1H3,(H,13,15,16). The van der Waals surface area contributed by atoms with Crippen molar-refractivity contribution in [2.45, 2.75) is 6.92 Å². The molecule has 0 spiro atoms. The minimum Gasteiger partial charge on any atom is -0.398 e. The lowest BCUT2D eigenvalue weighted by molar-refractivity contribution is 0.102. The summed E-state index contributed by atoms with van der Waals surface area (Å²) in [6.45, 7) is 1.82. The Kier molecular flexibility index (Phi) is 3.39. The molecule has 1 aromatic heterocycles. The molecule has 0 aliphatic heterocycles. The van der Waals surface area contributed by atoms with Crippen molar-refractivity contribution in [2.24, 2.45) is 0 Å². The number of nitrogens with two attached hydrogens (primary N) is 1. The SMILES string of the molecule is Cc1nnc(NC(=O)c2ccc(Br)cc2N)s1. The summed E-state index contributed by atoms with van der Waals surface area (Å²) in [6, 6.07) is 5.10. The number of aromatic nitrogens is 2. The fraction of sp³-hybridized carbons (Fsp3) is 0.100. The van der Waals surface area contributed by atoms with Crippen molar-refractivity contribution >= 4 is 44.0 Å². The van der Waals surface area contributed by atoms with Crippen LogP contribution in [0.25, 0.3) is 0 Å². The number of nitrogens with one attached hydrogen (secondary N) is 1. The summed E-state index contributed by atoms with van der Waals surface area (Å²) in [5, 5.41) is 11.5. The summed E-state index contributed by atoms with van der Waals surface area (Å²) >= 11 is 4.60. The number of amides is 1. The van der Waals surface area contributed by atoms with E-state index in [2.05, 4.69) is 31.4 Å². The van der Waals surface area contributed by atoms with E-state index in [-0.39, 0.29) is 5.91 Å². The summed E-state index contributed by atoms with van der Waals surface area (Å²) in [7, 11) is 0. The van der Waals surface area contributed by atoms with Gasteiger partial charge < -0.3 is 5.73 Å². The topological polar surface area (TPSA) is 80.9 Å². The molecule has 7 heteroatoms. The van der Waals surface area contributed by atoms with Crippen molar-refractivity contribution in [3.8, 4) is 0 Å². The predicted octanol–water partition coefficient (Wildman–Crippen LogP) is 2.44. The Hall–Kier alpha value is -1.47. The number of benzene rings is 1. The van der Waals surface area contributed by atoms with Crippen LogP contribution in [0.2, 0.25) is 0 Å². The van der Waals surface area contributed by atoms with Crippen LogP contribution in [0.3, 0.4) is 0 Å². The zero-order valence-electron chi connectivity index (χ0n) is 8.90. The largest absolute Gasteiger partial charge is 0.398 e. The van der Waals surface area contributed by atoms with E-state index in [1.165, 1.54) is 11.3 Å². The molecule has 0 bridgehead atoms. The fourth-order valence-electron chi connectivity index (χ4n) is 1.25. The fourth-order valence-corrected chi connectivity index (χ4v) is 2.22. The zero-order chi connectivity index (χ0) is 12.4. The predicted molar refractivity (Wildman–Crippen MR) is 71.2 cm³/mol. The second kappa shape index (κ2) is 4.80. The Morgan fingerprint density at radius 3 is 2.82 bits per heavy atom. The third kappa shape index (κ3) is 2.80. The van der Waals surface area contributed by atoms with Crippen LogP contribution in [-0.4, -0.2) is 16.1 Å². The molecule has 0 aliphatic rings. The normalized spacial score (nSPS) is 10.2. The molecule has 2 rings (SSSR count). The summed E-state index contributed by atoms with van der Waals surface area (Å²) in [6.07, 6.45) is 0. The number of rotatable bonds is 2. The summed E-state index contributed by atoms with van der Waals surface area (Å²) in [5.74, 6) is -0.286. The van der Waals surface area contributed by atoms with Gasteiger partial charge >= 0.3 is 0 Å². The molecule has 3 N–H and O–H groups in total. The van der Waals surface area contributed by atoms with E-state index in [0.29, 0.717) is 16.4 Å². The van der Waals surface area contributed by atoms with Crippen LogP contribution >= 0.6 is 27.3 Å². The molecule has 2 aromatic rings. The van der Waals surface area contributed by atoms with Gasteiger partial charge in [-0.15, -0.1) is 10.2 Å². The van der Waals surface area contributed by atoms with Gasteiger partial charge in [0, 0.05) is 10.2 Å². The van der Waals surface area contributed by atoms with Gasteiger partial charge in [-0.1, -0.05) is 27.3 Å². The number of hydrogen-bond acceptors (Lipinski definition) is 5. The van der Waals surface area contributed by atoms with Gasteiger partial charge in [-0.2, -0.15) is 0 Å². The highest BCUT2D eigenvalue weighted by Crippen LogP contribution is 2.20. The lowest BCUT2D eigenvalue weighted by Gasteiger charge is -2.04. The van der Waals surface area contributed by atoms with Crippen LogP contribution in [0, 0.1) is 6.92 Å². The van der Waals surface area contributed by atoms with Crippen LogP contribution in [0.15, 0.2) is 22.7 Å². The first-order valence-corrected chi connectivity index (χ1v) is 6.33. The summed E-state index contributed by atoms with van der Waals surface area (Å²) in [5.41, 5.74) is 6.59. The molecule has 1 heterocycles. The first kappa shape index (κ1) is 12.0. The molecule has 1 aromatic carbocycles. The lowest BCUT2D eigenvalue weighted by atomic mass is 10.2. The second-order valence-electron chi connectivity index (χ2n) is 3.31. The number of carbonyl (C=O) groups is 1. The van der Waals surface area contributed by atoms with Crippen molar-refractivity contribution in [3.05, 3.63) is 33.2 Å². The number of nitrogens with zero attached hydrogens (tertiary/aromatic N) is 2. The maximum absolute atomic E-state index is 11.9. The maximum atomic E-state index is 11.9. The average molecular weight is 313 g/mol. The van der Waals surface area contributed by atoms with E-state index in [4.69, 9.17) is 5.73 Å². The molecule has 0 saturated heterocycles. The summed E-state index contributed by atoms with van der Waals surface area (Å²) < 4.78 is 0.832. The Bertz CT molecular complexity index is 569. The minimum atomic E-state index is -0.286. The van der Waals surface area contributed by atoms with Crippen LogP contribution in [0.4, 0.5) is 10.8 Å². The van der Waals surface area contributed by atoms with Gasteiger partial charge in [0.2, 0.25) is 5.13 Å². The Labute approximate surface area is 110 Å². The highest BCUT2D eigenvalue weighted by atomic mass is 79.9. The molecular weight excluding hydrogens is 304 g/mol. The van der Waals surface area contributed by atoms with E-state index in [1.54, 1.807) is 18.2 Å². The molecular formula is C10H9BrN4OS. The minimum absolute atomic E-state index is 0.286. The van der Waals surface area contributed by atoms with Gasteiger partial charge in [0.05, 0.1) is 5.56 Å². The van der Waals surface area contributed by atoms with Gasteiger partial charge in [0.15, 0.2) is 0 Å². The van der Waals surface area contributed by atoms with Crippen LogP contribution in [-0.2, 0) is 0 Å². The molecule has 0 atom stereocenters. The Morgan fingerprint density at radius 2 is 2.24 bits per heavy atom. The number of nitrogen functional groups attached to an aromatic ring is 1. The van der Waals surface area contributed by atoms with Gasteiger partial charge in [-0.05, 0) is 25.1 Å². The monoisotopic (exact) mass is 312 g/mol. The molecule has 0 radical (unpaired) electrons. The molecule has 0 fully saturated rings. The van der Waals surface area contributed by atoms with Crippen LogP contribution in [0.1, 0.15) is 15.4 Å². The van der Waals surface area contributed by atoms with Crippen LogP contribution in [0.5, 0.6) is 0 Å². The van der Waals surface area contributed by atoms with Gasteiger partial charge in [0.25, 0.3) is 5.91 Å². The zero-order valence-corrected chi connectivity index (χ0v) is 11.3. The summed E-state index contributed by atoms with van der Waals surface area (Å²) in [4.78, 5) is 11.9. The number of hydrogen-bond donors (Lipinski definition) is 2. The van der Waals surface area contributed by atoms with Crippen molar-refractivity contribution in [3.63, 3.8) is 0 Å². The lowest BCUT2D eigenvalue weighted by Crippen LogP contribution is -2.13. The van der Waals surface area contributed by atoms with Gasteiger partial charge in [-0.25, -0.2) is 0 Å². The Morgan fingerprint density at radius 1 is 1.47 bits per heavy atom. The first-order valence-electron chi connectivity index (χ1n) is 4.73. The van der Waals surface area contributed by atoms with E-state index in [0.717, 1.165) is 9.48 Å². The number of aryl methyl sites for hydroxylation is 1. The Balaban J connectivity index is 2.20. The first-order chi connectivity index (χ1) is 8.06. The van der Waals surface area contributed by atoms with E-state index in [1.807, 2.05) is 6.92 Å². The highest BCUT2D eigenvalue weighted by molar-refractivity contribution is 9.10. The number of carbonyl (C=O) groups excluding carboxylic acids is 1. The second-order valence-corrected chi connectivity index (χ2v) is 5.41. The van der Waals surface area contributed by atoms with Crippen molar-refractivity contribution in [1.29, 1.82) is 0 Å². The average Bonchev–Trinajstić information content (AvgIpc) is 2.63. The molecule has 0 saturated carbocycles.